The highest BCUT2D eigenvalue weighted by molar-refractivity contribution is 6.04. The van der Waals surface area contributed by atoms with Crippen molar-refractivity contribution >= 4 is 23.2 Å². The van der Waals surface area contributed by atoms with Gasteiger partial charge in [-0.15, -0.1) is 0 Å². The summed E-state index contributed by atoms with van der Waals surface area (Å²) in [4.78, 5) is 27.6. The van der Waals surface area contributed by atoms with Crippen LogP contribution in [0.3, 0.4) is 0 Å². The van der Waals surface area contributed by atoms with Crippen LogP contribution in [0, 0.1) is 5.92 Å². The van der Waals surface area contributed by atoms with E-state index in [-0.39, 0.29) is 24.2 Å². The normalized spacial score (nSPS) is 16.7. The van der Waals surface area contributed by atoms with Crippen LogP contribution in [0.25, 0.3) is 0 Å². The summed E-state index contributed by atoms with van der Waals surface area (Å²) >= 11 is 0. The van der Waals surface area contributed by atoms with E-state index >= 15 is 0 Å². The average molecular weight is 379 g/mol. The van der Waals surface area contributed by atoms with Crippen molar-refractivity contribution in [2.75, 3.05) is 16.8 Å². The van der Waals surface area contributed by atoms with Crippen LogP contribution < -0.4 is 10.2 Å². The molecule has 1 heterocycles. The first kappa shape index (κ1) is 20.1. The van der Waals surface area contributed by atoms with E-state index in [2.05, 4.69) is 51.2 Å². The highest BCUT2D eigenvalue weighted by Crippen LogP contribution is 2.33. The van der Waals surface area contributed by atoms with Crippen molar-refractivity contribution in [3.63, 3.8) is 0 Å². The second-order valence-corrected chi connectivity index (χ2v) is 7.77. The fraction of sp³-hybridized carbons (Fsp3) is 0.417. The number of hydrogen-bond donors (Lipinski definition) is 1. The van der Waals surface area contributed by atoms with Crippen molar-refractivity contribution in [2.45, 2.75) is 52.9 Å². The lowest BCUT2D eigenvalue weighted by atomic mass is 10.0. The second-order valence-electron chi connectivity index (χ2n) is 7.77. The first-order valence-corrected chi connectivity index (χ1v) is 10.3. The molecule has 1 fully saturated rings. The molecule has 3 rings (SSSR count). The molecule has 0 radical (unpaired) electrons. The van der Waals surface area contributed by atoms with Crippen molar-refractivity contribution in [1.82, 2.24) is 0 Å². The largest absolute Gasteiger partial charge is 0.326 e. The van der Waals surface area contributed by atoms with Crippen molar-refractivity contribution in [3.05, 3.63) is 59.2 Å². The van der Waals surface area contributed by atoms with Crippen LogP contribution in [0.2, 0.25) is 0 Å². The molecule has 0 aromatic heterocycles. The van der Waals surface area contributed by atoms with Crippen molar-refractivity contribution < 1.29 is 9.59 Å². The van der Waals surface area contributed by atoms with E-state index in [0.29, 0.717) is 12.5 Å². The van der Waals surface area contributed by atoms with Crippen LogP contribution in [-0.2, 0) is 22.4 Å². The summed E-state index contributed by atoms with van der Waals surface area (Å²) in [6, 6.07) is 14.1. The zero-order chi connectivity index (χ0) is 20.3. The summed E-state index contributed by atoms with van der Waals surface area (Å²) in [5.41, 5.74) is 5.30. The third-order valence-electron chi connectivity index (χ3n) is 5.57. The third-order valence-corrected chi connectivity index (χ3v) is 5.57. The number of nitrogens with one attached hydrogen (secondary N) is 1. The predicted octanol–water partition coefficient (Wildman–Crippen LogP) is 4.93. The molecular formula is C24H30N2O2. The molecule has 28 heavy (non-hydrogen) atoms. The minimum Gasteiger partial charge on any atom is -0.326 e. The van der Waals surface area contributed by atoms with E-state index in [1.165, 1.54) is 11.1 Å². The van der Waals surface area contributed by atoms with Crippen LogP contribution in [0.4, 0.5) is 11.4 Å². The molecule has 1 atom stereocenters. The molecule has 148 valence electrons. The van der Waals surface area contributed by atoms with E-state index in [9.17, 15) is 9.59 Å². The number of hydrogen-bond acceptors (Lipinski definition) is 2. The summed E-state index contributed by atoms with van der Waals surface area (Å²) < 4.78 is 0. The molecule has 1 aliphatic rings. The molecule has 1 unspecified atom stereocenters. The fourth-order valence-electron chi connectivity index (χ4n) is 4.01. The van der Waals surface area contributed by atoms with Gasteiger partial charge < -0.3 is 10.2 Å². The standard InChI is InChI=1S/C24H30N2O2/c1-5-17-10-9-11-18(6-2)23(17)26-15-19(14-22(26)27)24(28)25-21-13-8-7-12-20(21)16(3)4/h7-13,16,19H,5-6,14-15H2,1-4H3,(H,25,28). The monoisotopic (exact) mass is 378 g/mol. The summed E-state index contributed by atoms with van der Waals surface area (Å²) in [6.07, 6.45) is 1.99. The van der Waals surface area contributed by atoms with E-state index in [4.69, 9.17) is 0 Å². The zero-order valence-corrected chi connectivity index (χ0v) is 17.3. The molecule has 1 aliphatic heterocycles. The molecule has 4 heteroatoms. The van der Waals surface area contributed by atoms with Gasteiger partial charge in [-0.1, -0.05) is 64.1 Å². The predicted molar refractivity (Wildman–Crippen MR) is 115 cm³/mol. The van der Waals surface area contributed by atoms with E-state index in [1.54, 1.807) is 0 Å². The summed E-state index contributed by atoms with van der Waals surface area (Å²) in [7, 11) is 0. The average Bonchev–Trinajstić information content (AvgIpc) is 3.08. The highest BCUT2D eigenvalue weighted by Gasteiger charge is 2.36. The molecule has 0 aliphatic carbocycles. The van der Waals surface area contributed by atoms with Gasteiger partial charge in [-0.3, -0.25) is 9.59 Å². The number of carbonyl (C=O) groups is 2. The van der Waals surface area contributed by atoms with Gasteiger partial charge in [-0.05, 0) is 41.5 Å². The summed E-state index contributed by atoms with van der Waals surface area (Å²) in [5, 5.41) is 3.07. The number of nitrogens with zero attached hydrogens (tertiary/aromatic N) is 1. The number of carbonyl (C=O) groups excluding carboxylic acids is 2. The topological polar surface area (TPSA) is 49.4 Å². The molecule has 2 aromatic carbocycles. The van der Waals surface area contributed by atoms with E-state index < -0.39 is 0 Å². The SMILES string of the molecule is CCc1cccc(CC)c1N1CC(C(=O)Nc2ccccc2C(C)C)CC1=O. The number of anilines is 2. The lowest BCUT2D eigenvalue weighted by molar-refractivity contribution is -0.122. The molecule has 1 saturated heterocycles. The molecule has 2 amide bonds. The maximum absolute atomic E-state index is 12.9. The Kier molecular flexibility index (Phi) is 6.18. The second kappa shape index (κ2) is 8.59. The maximum Gasteiger partial charge on any atom is 0.229 e. The maximum atomic E-state index is 12.9. The Hall–Kier alpha value is -2.62. The van der Waals surface area contributed by atoms with Crippen molar-refractivity contribution in [3.8, 4) is 0 Å². The molecule has 0 bridgehead atoms. The highest BCUT2D eigenvalue weighted by atomic mass is 16.2. The van der Waals surface area contributed by atoms with Gasteiger partial charge in [0.2, 0.25) is 11.8 Å². The fourth-order valence-corrected chi connectivity index (χ4v) is 4.01. The Labute approximate surface area is 167 Å². The van der Waals surface area contributed by atoms with Crippen molar-refractivity contribution in [2.24, 2.45) is 5.92 Å². The van der Waals surface area contributed by atoms with Gasteiger partial charge in [0.15, 0.2) is 0 Å². The summed E-state index contributed by atoms with van der Waals surface area (Å²) in [6.45, 7) is 8.87. The lowest BCUT2D eigenvalue weighted by Crippen LogP contribution is -2.29. The van der Waals surface area contributed by atoms with Gasteiger partial charge in [-0.25, -0.2) is 0 Å². The van der Waals surface area contributed by atoms with E-state index in [1.807, 2.05) is 29.2 Å². The Balaban J connectivity index is 1.81. The first-order valence-electron chi connectivity index (χ1n) is 10.3. The third kappa shape index (κ3) is 3.96. The number of aryl methyl sites for hydroxylation is 2. The molecular weight excluding hydrogens is 348 g/mol. The van der Waals surface area contributed by atoms with Gasteiger partial charge in [0, 0.05) is 24.3 Å². The Morgan fingerprint density at radius 1 is 1.07 bits per heavy atom. The number of para-hydroxylation sites is 2. The minimum absolute atomic E-state index is 0.0351. The number of amides is 2. The Morgan fingerprint density at radius 3 is 2.32 bits per heavy atom. The molecule has 1 N–H and O–H groups in total. The lowest BCUT2D eigenvalue weighted by Gasteiger charge is -2.23. The van der Waals surface area contributed by atoms with Crippen LogP contribution in [0.15, 0.2) is 42.5 Å². The van der Waals surface area contributed by atoms with Crippen LogP contribution in [-0.4, -0.2) is 18.4 Å². The number of rotatable bonds is 6. The van der Waals surface area contributed by atoms with Crippen LogP contribution in [0.5, 0.6) is 0 Å². The Morgan fingerprint density at radius 2 is 1.71 bits per heavy atom. The zero-order valence-electron chi connectivity index (χ0n) is 17.3. The van der Waals surface area contributed by atoms with Crippen molar-refractivity contribution in [1.29, 1.82) is 0 Å². The van der Waals surface area contributed by atoms with Gasteiger partial charge in [0.25, 0.3) is 0 Å². The van der Waals surface area contributed by atoms with Gasteiger partial charge in [0.05, 0.1) is 5.92 Å². The number of benzene rings is 2. The van der Waals surface area contributed by atoms with Gasteiger partial charge in [0.1, 0.15) is 0 Å². The Bertz CT molecular complexity index is 850. The molecule has 0 spiro atoms. The molecule has 0 saturated carbocycles. The van der Waals surface area contributed by atoms with Gasteiger partial charge >= 0.3 is 0 Å². The molecule has 4 nitrogen and oxygen atoms in total. The molecule has 2 aromatic rings. The summed E-state index contributed by atoms with van der Waals surface area (Å²) in [5.74, 6) is -0.0482. The minimum atomic E-state index is -0.331. The smallest absolute Gasteiger partial charge is 0.229 e. The van der Waals surface area contributed by atoms with Crippen LogP contribution in [0.1, 0.15) is 56.7 Å². The van der Waals surface area contributed by atoms with E-state index in [0.717, 1.165) is 29.8 Å². The quantitative estimate of drug-likeness (QED) is 0.775. The first-order chi connectivity index (χ1) is 13.5. The van der Waals surface area contributed by atoms with Gasteiger partial charge in [-0.2, -0.15) is 0 Å². The van der Waals surface area contributed by atoms with Crippen LogP contribution >= 0.6 is 0 Å².